The number of thiophene rings is 1. The normalized spacial score (nSPS) is 11.9. The summed E-state index contributed by atoms with van der Waals surface area (Å²) in [5.41, 5.74) is 0.375. The zero-order chi connectivity index (χ0) is 11.4. The van der Waals surface area contributed by atoms with Gasteiger partial charge in [-0.15, -0.1) is 17.8 Å². The maximum atomic E-state index is 11.7. The topological polar surface area (TPSA) is 29.1 Å². The third kappa shape index (κ3) is 3.13. The van der Waals surface area contributed by atoms with Gasteiger partial charge >= 0.3 is 0 Å². The fourth-order valence-electron chi connectivity index (χ4n) is 0.993. The van der Waals surface area contributed by atoms with Crippen molar-refractivity contribution in [2.45, 2.75) is 19.4 Å². The van der Waals surface area contributed by atoms with E-state index >= 15 is 0 Å². The highest BCUT2D eigenvalue weighted by atomic mass is 35.5. The molecule has 0 aliphatic rings. The van der Waals surface area contributed by atoms with E-state index in [-0.39, 0.29) is 11.9 Å². The van der Waals surface area contributed by atoms with Crippen LogP contribution >= 0.6 is 34.5 Å². The molecule has 0 saturated carbocycles. The summed E-state index contributed by atoms with van der Waals surface area (Å²) in [6.07, 6.45) is 5.91. The average molecular weight is 262 g/mol. The maximum absolute atomic E-state index is 11.7. The van der Waals surface area contributed by atoms with Crippen LogP contribution in [-0.4, -0.2) is 11.9 Å². The summed E-state index contributed by atoms with van der Waals surface area (Å²) >= 11 is 12.7. The Hall–Kier alpha value is -0.690. The van der Waals surface area contributed by atoms with E-state index in [4.69, 9.17) is 29.6 Å². The second-order valence-corrected chi connectivity index (χ2v) is 5.12. The van der Waals surface area contributed by atoms with Gasteiger partial charge in [0, 0.05) is 0 Å². The van der Waals surface area contributed by atoms with Crippen molar-refractivity contribution in [2.75, 3.05) is 0 Å². The summed E-state index contributed by atoms with van der Waals surface area (Å²) in [6.45, 7) is 1.90. The Balaban J connectivity index is 2.78. The summed E-state index contributed by atoms with van der Waals surface area (Å²) in [7, 11) is 0. The molecule has 5 heteroatoms. The first-order chi connectivity index (χ1) is 7.08. The molecule has 80 valence electrons. The summed E-state index contributed by atoms with van der Waals surface area (Å²) in [4.78, 5) is 11.7. The fourth-order valence-corrected chi connectivity index (χ4v) is 2.45. The average Bonchev–Trinajstić information content (AvgIpc) is 2.54. The van der Waals surface area contributed by atoms with E-state index in [9.17, 15) is 4.79 Å². The summed E-state index contributed by atoms with van der Waals surface area (Å²) in [5.74, 6) is 2.19. The minimum absolute atomic E-state index is 0.271. The van der Waals surface area contributed by atoms with Gasteiger partial charge in [-0.25, -0.2) is 0 Å². The molecule has 0 fully saturated rings. The Morgan fingerprint density at radius 3 is 2.80 bits per heavy atom. The van der Waals surface area contributed by atoms with E-state index in [2.05, 4.69) is 11.2 Å². The Morgan fingerprint density at radius 2 is 2.40 bits per heavy atom. The van der Waals surface area contributed by atoms with E-state index in [0.29, 0.717) is 20.7 Å². The number of halogens is 2. The van der Waals surface area contributed by atoms with Crippen LogP contribution < -0.4 is 5.32 Å². The molecule has 0 radical (unpaired) electrons. The Kier molecular flexibility index (Phi) is 4.46. The minimum atomic E-state index is -0.284. The van der Waals surface area contributed by atoms with Crippen molar-refractivity contribution in [1.82, 2.24) is 5.32 Å². The Bertz CT molecular complexity index is 408. The molecule has 1 N–H and O–H groups in total. The lowest BCUT2D eigenvalue weighted by Gasteiger charge is -2.09. The van der Waals surface area contributed by atoms with Gasteiger partial charge in [0.15, 0.2) is 0 Å². The van der Waals surface area contributed by atoms with Gasteiger partial charge in [-0.05, 0) is 12.5 Å². The molecule has 1 unspecified atom stereocenters. The van der Waals surface area contributed by atoms with Gasteiger partial charge in [-0.2, -0.15) is 0 Å². The molecular weight excluding hydrogens is 253 g/mol. The number of hydrogen-bond acceptors (Lipinski definition) is 2. The Labute approximate surface area is 103 Å². The number of carbonyl (C=O) groups is 1. The van der Waals surface area contributed by atoms with Crippen molar-refractivity contribution in [2.24, 2.45) is 0 Å². The van der Waals surface area contributed by atoms with Gasteiger partial charge in [0.2, 0.25) is 0 Å². The van der Waals surface area contributed by atoms with Crippen LogP contribution in [0.5, 0.6) is 0 Å². The second-order valence-electron chi connectivity index (χ2n) is 2.84. The van der Waals surface area contributed by atoms with Crippen LogP contribution in [0.1, 0.15) is 23.7 Å². The lowest BCUT2D eigenvalue weighted by atomic mass is 10.2. The van der Waals surface area contributed by atoms with Crippen LogP contribution in [0.25, 0.3) is 0 Å². The van der Waals surface area contributed by atoms with Crippen LogP contribution in [-0.2, 0) is 0 Å². The summed E-state index contributed by atoms with van der Waals surface area (Å²) in [6, 6.07) is 1.26. The fraction of sp³-hybridized carbons (Fsp3) is 0.300. The molecule has 1 atom stereocenters. The third-order valence-corrected chi connectivity index (χ3v) is 3.30. The van der Waals surface area contributed by atoms with Crippen LogP contribution in [0.3, 0.4) is 0 Å². The number of rotatable bonds is 3. The first kappa shape index (κ1) is 12.4. The van der Waals surface area contributed by atoms with Gasteiger partial charge in [0.25, 0.3) is 5.91 Å². The molecular formula is C10H9Cl2NOS. The molecule has 0 aliphatic heterocycles. The number of amides is 1. The monoisotopic (exact) mass is 261 g/mol. The van der Waals surface area contributed by atoms with Crippen LogP contribution in [0.15, 0.2) is 6.07 Å². The molecule has 1 aromatic rings. The molecule has 0 bridgehead atoms. The third-order valence-electron chi connectivity index (χ3n) is 1.82. The molecule has 0 aliphatic carbocycles. The van der Waals surface area contributed by atoms with Crippen molar-refractivity contribution in [3.8, 4) is 12.3 Å². The lowest BCUT2D eigenvalue weighted by Crippen LogP contribution is -2.33. The highest BCUT2D eigenvalue weighted by Crippen LogP contribution is 2.30. The molecule has 2 nitrogen and oxygen atoms in total. The summed E-state index contributed by atoms with van der Waals surface area (Å²) < 4.78 is 0.864. The SMILES string of the molecule is C#CC(CC)NC(=O)c1cc(Cl)sc1Cl. The largest absolute Gasteiger partial charge is 0.338 e. The van der Waals surface area contributed by atoms with E-state index in [1.807, 2.05) is 6.92 Å². The van der Waals surface area contributed by atoms with Crippen molar-refractivity contribution in [3.05, 3.63) is 20.3 Å². The van der Waals surface area contributed by atoms with E-state index < -0.39 is 0 Å². The van der Waals surface area contributed by atoms with E-state index in [1.165, 1.54) is 6.07 Å². The second kappa shape index (κ2) is 5.41. The van der Waals surface area contributed by atoms with Gasteiger partial charge in [0.1, 0.15) is 4.34 Å². The van der Waals surface area contributed by atoms with Crippen molar-refractivity contribution >= 4 is 40.4 Å². The van der Waals surface area contributed by atoms with Crippen LogP contribution in [0.2, 0.25) is 8.67 Å². The first-order valence-corrected chi connectivity index (χ1v) is 5.87. The predicted octanol–water partition coefficient (Wildman–Crippen LogP) is 3.20. The molecule has 1 amide bonds. The zero-order valence-corrected chi connectivity index (χ0v) is 10.3. The molecule has 0 spiro atoms. The quantitative estimate of drug-likeness (QED) is 0.833. The lowest BCUT2D eigenvalue weighted by molar-refractivity contribution is 0.0945. The highest BCUT2D eigenvalue weighted by Gasteiger charge is 2.16. The van der Waals surface area contributed by atoms with Crippen molar-refractivity contribution in [1.29, 1.82) is 0 Å². The van der Waals surface area contributed by atoms with E-state index in [0.717, 1.165) is 11.3 Å². The van der Waals surface area contributed by atoms with Gasteiger partial charge in [-0.1, -0.05) is 36.0 Å². The van der Waals surface area contributed by atoms with Crippen LogP contribution in [0, 0.1) is 12.3 Å². The zero-order valence-electron chi connectivity index (χ0n) is 8.01. The van der Waals surface area contributed by atoms with Crippen LogP contribution in [0.4, 0.5) is 0 Å². The standard InChI is InChI=1S/C10H9Cl2NOS/c1-3-6(4-2)13-10(14)7-5-8(11)15-9(7)12/h1,5-6H,4H2,2H3,(H,13,14). The molecule has 15 heavy (non-hydrogen) atoms. The van der Waals surface area contributed by atoms with Crippen molar-refractivity contribution in [3.63, 3.8) is 0 Å². The van der Waals surface area contributed by atoms with Gasteiger partial charge < -0.3 is 5.32 Å². The smallest absolute Gasteiger partial charge is 0.254 e. The maximum Gasteiger partial charge on any atom is 0.254 e. The summed E-state index contributed by atoms with van der Waals surface area (Å²) in [5, 5.41) is 2.68. The first-order valence-electron chi connectivity index (χ1n) is 4.30. The molecule has 1 heterocycles. The van der Waals surface area contributed by atoms with Gasteiger partial charge in [-0.3, -0.25) is 4.79 Å². The number of terminal acetylenes is 1. The van der Waals surface area contributed by atoms with Gasteiger partial charge in [0.05, 0.1) is 15.9 Å². The molecule has 0 aromatic carbocycles. The number of nitrogens with one attached hydrogen (secondary N) is 1. The molecule has 0 saturated heterocycles. The predicted molar refractivity (Wildman–Crippen MR) is 64.7 cm³/mol. The minimum Gasteiger partial charge on any atom is -0.338 e. The van der Waals surface area contributed by atoms with Crippen molar-refractivity contribution < 1.29 is 4.79 Å². The Morgan fingerprint density at radius 1 is 1.73 bits per heavy atom. The highest BCUT2D eigenvalue weighted by molar-refractivity contribution is 7.20. The number of carbonyl (C=O) groups excluding carboxylic acids is 1. The number of hydrogen-bond donors (Lipinski definition) is 1. The molecule has 1 rings (SSSR count). The van der Waals surface area contributed by atoms with E-state index in [1.54, 1.807) is 0 Å². The molecule has 1 aromatic heterocycles.